The van der Waals surface area contributed by atoms with Crippen LogP contribution in [-0.4, -0.2) is 78.3 Å². The minimum absolute atomic E-state index is 0.0766. The zero-order valence-electron chi connectivity index (χ0n) is 33.5. The lowest BCUT2D eigenvalue weighted by Gasteiger charge is -2.33. The van der Waals surface area contributed by atoms with E-state index in [1.54, 1.807) is 12.2 Å². The number of nitrogen functional groups attached to an aromatic ring is 2. The largest absolute Gasteiger partial charge is 0.460 e. The van der Waals surface area contributed by atoms with E-state index in [0.717, 1.165) is 72.4 Å². The van der Waals surface area contributed by atoms with Gasteiger partial charge in [-0.2, -0.15) is 9.97 Å². The van der Waals surface area contributed by atoms with Crippen molar-refractivity contribution in [3.8, 4) is 35.3 Å². The summed E-state index contributed by atoms with van der Waals surface area (Å²) in [6, 6.07) is 15.6. The quantitative estimate of drug-likeness (QED) is 0.138. The van der Waals surface area contributed by atoms with E-state index in [2.05, 4.69) is 62.8 Å². The second-order valence-electron chi connectivity index (χ2n) is 14.2. The summed E-state index contributed by atoms with van der Waals surface area (Å²) >= 11 is 0. The van der Waals surface area contributed by atoms with Gasteiger partial charge in [-0.1, -0.05) is 67.8 Å². The fourth-order valence-corrected chi connectivity index (χ4v) is 7.08. The summed E-state index contributed by atoms with van der Waals surface area (Å²) in [6.45, 7) is 10.6. The summed E-state index contributed by atoms with van der Waals surface area (Å²) in [5.41, 5.74) is 14.4. The van der Waals surface area contributed by atoms with Gasteiger partial charge in [0.1, 0.15) is 48.0 Å². The third-order valence-electron chi connectivity index (χ3n) is 10.3. The zero-order chi connectivity index (χ0) is 43.0. The van der Waals surface area contributed by atoms with E-state index < -0.39 is 11.6 Å². The molecule has 2 aromatic carbocycles. The Kier molecular flexibility index (Phi) is 12.3. The third kappa shape index (κ3) is 9.33. The molecule has 9 rings (SSSR count). The number of nitrogens with two attached hydrogens (primary N) is 2. The minimum atomic E-state index is -0.665. The van der Waals surface area contributed by atoms with Crippen molar-refractivity contribution in [1.29, 1.82) is 0 Å². The van der Waals surface area contributed by atoms with Gasteiger partial charge in [-0.3, -0.25) is 0 Å². The molecule has 6 aromatic rings. The van der Waals surface area contributed by atoms with Gasteiger partial charge in [0.25, 0.3) is 0 Å². The molecule has 4 aromatic heterocycles. The fourth-order valence-electron chi connectivity index (χ4n) is 7.08. The van der Waals surface area contributed by atoms with E-state index in [4.69, 9.17) is 30.4 Å². The molecule has 0 saturated carbocycles. The van der Waals surface area contributed by atoms with E-state index in [1.807, 2.05) is 60.7 Å². The van der Waals surface area contributed by atoms with Crippen LogP contribution in [0.3, 0.4) is 0 Å². The Morgan fingerprint density at radius 2 is 1.26 bits per heavy atom. The minimum Gasteiger partial charge on any atom is -0.460 e. The Labute approximate surface area is 355 Å². The molecule has 0 aliphatic carbocycles. The van der Waals surface area contributed by atoms with Crippen LogP contribution < -0.4 is 40.2 Å². The van der Waals surface area contributed by atoms with E-state index >= 15 is 0 Å². The summed E-state index contributed by atoms with van der Waals surface area (Å²) in [5, 5.41) is 0. The summed E-state index contributed by atoms with van der Waals surface area (Å²) < 4.78 is 50.1. The van der Waals surface area contributed by atoms with Gasteiger partial charge in [0.05, 0.1) is 23.5 Å². The van der Waals surface area contributed by atoms with Crippen LogP contribution in [0, 0.1) is 11.6 Å². The SMILES string of the molecule is C=Cc1ccccc1Oc1ncnc(N2CCC(Oc3ncc(F)c(N)n3)CC2)c1C=C.Nc1nc(OC2CCN(c3ncnc4c3C=Cc3ccccc3O4)CC2)ncc1F. The highest BCUT2D eigenvalue weighted by Gasteiger charge is 2.28. The molecule has 7 heterocycles. The van der Waals surface area contributed by atoms with Crippen molar-refractivity contribution in [2.24, 2.45) is 0 Å². The van der Waals surface area contributed by atoms with Crippen molar-refractivity contribution in [2.75, 3.05) is 47.4 Å². The number of halogens is 2. The number of nitrogens with zero attached hydrogens (tertiary/aromatic N) is 10. The summed E-state index contributed by atoms with van der Waals surface area (Å²) in [7, 11) is 0. The number of rotatable bonds is 10. The Morgan fingerprint density at radius 1 is 0.677 bits per heavy atom. The predicted molar refractivity (Wildman–Crippen MR) is 231 cm³/mol. The Balaban J connectivity index is 0.000000171. The maximum absolute atomic E-state index is 13.3. The Bertz CT molecular complexity index is 2600. The van der Waals surface area contributed by atoms with Crippen molar-refractivity contribution in [3.63, 3.8) is 0 Å². The third-order valence-corrected chi connectivity index (χ3v) is 10.3. The molecular weight excluding hydrogens is 799 g/mol. The molecule has 316 valence electrons. The first-order chi connectivity index (χ1) is 30.3. The number of hydrogen-bond donors (Lipinski definition) is 2. The molecule has 2 saturated heterocycles. The van der Waals surface area contributed by atoms with Gasteiger partial charge < -0.3 is 40.2 Å². The number of fused-ring (bicyclic) bond motifs is 2. The number of hydrogen-bond acceptors (Lipinski definition) is 16. The highest BCUT2D eigenvalue weighted by molar-refractivity contribution is 5.81. The molecule has 3 aliphatic heterocycles. The topological polar surface area (TPSA) is 199 Å². The second kappa shape index (κ2) is 18.7. The normalized spacial score (nSPS) is 14.9. The number of ether oxygens (including phenoxy) is 4. The van der Waals surface area contributed by atoms with Gasteiger partial charge in [-0.25, -0.2) is 38.7 Å². The van der Waals surface area contributed by atoms with Crippen molar-refractivity contribution >= 4 is 47.6 Å². The Morgan fingerprint density at radius 3 is 1.89 bits per heavy atom. The van der Waals surface area contributed by atoms with Crippen LogP contribution >= 0.6 is 0 Å². The van der Waals surface area contributed by atoms with Crippen molar-refractivity contribution < 1.29 is 27.7 Å². The maximum Gasteiger partial charge on any atom is 0.318 e. The van der Waals surface area contributed by atoms with Crippen LogP contribution in [0.5, 0.6) is 35.3 Å². The van der Waals surface area contributed by atoms with Gasteiger partial charge in [0, 0.05) is 63.0 Å². The molecule has 4 N–H and O–H groups in total. The molecule has 3 aliphatic rings. The van der Waals surface area contributed by atoms with Crippen molar-refractivity contribution in [1.82, 2.24) is 39.9 Å². The summed E-state index contributed by atoms with van der Waals surface area (Å²) in [4.78, 5) is 37.3. The van der Waals surface area contributed by atoms with Gasteiger partial charge in [-0.15, -0.1) is 0 Å². The highest BCUT2D eigenvalue weighted by atomic mass is 19.1. The molecule has 62 heavy (non-hydrogen) atoms. The van der Waals surface area contributed by atoms with Crippen LogP contribution in [0.4, 0.5) is 32.1 Å². The molecule has 0 unspecified atom stereocenters. The van der Waals surface area contributed by atoms with Crippen molar-refractivity contribution in [2.45, 2.75) is 37.9 Å². The number of anilines is 4. The standard InChI is InChI=1S/C23H23FN6O2.C21H19FN6O2/c1-3-15-7-5-6-8-19(15)32-22-17(4-2)21(27-14-28-22)30-11-9-16(10-12-30)31-23-26-13-18(24)20(25)29-23;22-16-11-24-21(27-18(16)23)29-14-7-9-28(10-8-14)19-15-6-5-13-3-1-2-4-17(13)30-20(15)26-12-25-19/h3-8,13-14,16H,1-2,9-12H2,(H2,25,26,29);1-6,11-12,14H,7-10H2,(H2,23,24,27). The average Bonchev–Trinajstić information content (AvgIpc) is 3.49. The van der Waals surface area contributed by atoms with Gasteiger partial charge >= 0.3 is 12.0 Å². The molecule has 2 fully saturated rings. The van der Waals surface area contributed by atoms with E-state index in [9.17, 15) is 8.78 Å². The summed E-state index contributed by atoms with van der Waals surface area (Å²) in [6.07, 6.45) is 15.2. The van der Waals surface area contributed by atoms with E-state index in [-0.39, 0.29) is 35.9 Å². The molecule has 0 spiro atoms. The number of aromatic nitrogens is 8. The lowest BCUT2D eigenvalue weighted by Crippen LogP contribution is -2.39. The van der Waals surface area contributed by atoms with Crippen LogP contribution in [-0.2, 0) is 0 Å². The first-order valence-corrected chi connectivity index (χ1v) is 19.8. The fraction of sp³-hybridized carbons (Fsp3) is 0.227. The average molecular weight is 841 g/mol. The smallest absolute Gasteiger partial charge is 0.318 e. The molecule has 16 nitrogen and oxygen atoms in total. The molecule has 0 radical (unpaired) electrons. The first-order valence-electron chi connectivity index (χ1n) is 19.8. The first kappa shape index (κ1) is 41.0. The second-order valence-corrected chi connectivity index (χ2v) is 14.2. The summed E-state index contributed by atoms with van der Waals surface area (Å²) in [5.74, 6) is 2.18. The predicted octanol–water partition coefficient (Wildman–Crippen LogP) is 7.43. The van der Waals surface area contributed by atoms with E-state index in [0.29, 0.717) is 49.0 Å². The van der Waals surface area contributed by atoms with Crippen molar-refractivity contribution in [3.05, 3.63) is 121 Å². The Hall–Kier alpha value is -7.76. The zero-order valence-corrected chi connectivity index (χ0v) is 33.5. The van der Waals surface area contributed by atoms with Crippen LogP contribution in [0.25, 0.3) is 24.3 Å². The maximum atomic E-state index is 13.3. The monoisotopic (exact) mass is 840 g/mol. The number of para-hydroxylation sites is 2. The van der Waals surface area contributed by atoms with Gasteiger partial charge in [-0.05, 0) is 18.2 Å². The highest BCUT2D eigenvalue weighted by Crippen LogP contribution is 2.37. The van der Waals surface area contributed by atoms with Crippen LogP contribution in [0.15, 0.2) is 86.7 Å². The van der Waals surface area contributed by atoms with Crippen LogP contribution in [0.1, 0.15) is 47.9 Å². The lowest BCUT2D eigenvalue weighted by molar-refractivity contribution is 0.156. The molecular formula is C44H42F2N12O4. The van der Waals surface area contributed by atoms with Gasteiger partial charge in [0.2, 0.25) is 11.8 Å². The molecule has 0 bridgehead atoms. The van der Waals surface area contributed by atoms with Crippen LogP contribution in [0.2, 0.25) is 0 Å². The van der Waals surface area contributed by atoms with Gasteiger partial charge in [0.15, 0.2) is 23.3 Å². The number of piperidine rings is 2. The molecule has 18 heteroatoms. The lowest BCUT2D eigenvalue weighted by atomic mass is 10.1. The molecule has 0 amide bonds. The molecule has 0 atom stereocenters. The number of benzene rings is 2. The van der Waals surface area contributed by atoms with E-state index in [1.165, 1.54) is 12.7 Å².